The minimum absolute atomic E-state index is 0.0645. The van der Waals surface area contributed by atoms with Gasteiger partial charge < -0.3 is 9.73 Å². The molecule has 134 valence electrons. The van der Waals surface area contributed by atoms with Crippen molar-refractivity contribution in [3.05, 3.63) is 66.2 Å². The second kappa shape index (κ2) is 7.70. The summed E-state index contributed by atoms with van der Waals surface area (Å²) >= 11 is 0. The molecule has 1 atom stereocenters. The van der Waals surface area contributed by atoms with E-state index in [2.05, 4.69) is 15.2 Å². The number of benzene rings is 1. The Hall–Kier alpha value is -2.66. The number of likely N-dealkylation sites (tertiary alicyclic amines) is 1. The molecule has 3 aromatic rings. The van der Waals surface area contributed by atoms with E-state index in [0.717, 1.165) is 29.8 Å². The van der Waals surface area contributed by atoms with Crippen molar-refractivity contribution in [2.24, 2.45) is 0 Å². The number of carbonyl (C=O) groups is 1. The van der Waals surface area contributed by atoms with Crippen LogP contribution in [0.25, 0.3) is 10.9 Å². The fourth-order valence-corrected chi connectivity index (χ4v) is 3.59. The van der Waals surface area contributed by atoms with Crippen molar-refractivity contribution < 1.29 is 9.21 Å². The molecule has 4 rings (SSSR count). The quantitative estimate of drug-likeness (QED) is 0.761. The van der Waals surface area contributed by atoms with Gasteiger partial charge in [0.15, 0.2) is 0 Å². The monoisotopic (exact) mass is 349 g/mol. The predicted molar refractivity (Wildman–Crippen MR) is 101 cm³/mol. The molecule has 1 aliphatic rings. The van der Waals surface area contributed by atoms with Crippen molar-refractivity contribution in [1.29, 1.82) is 0 Å². The van der Waals surface area contributed by atoms with Gasteiger partial charge >= 0.3 is 0 Å². The lowest BCUT2D eigenvalue weighted by Crippen LogP contribution is -2.40. The fourth-order valence-electron chi connectivity index (χ4n) is 3.59. The molecule has 0 unspecified atom stereocenters. The van der Waals surface area contributed by atoms with Gasteiger partial charge in [0.2, 0.25) is 0 Å². The SMILES string of the molecule is O=C(NC[C@@H](c1ccco1)N1CCCCC1)c1ccc2ccccc2n1. The molecule has 1 amide bonds. The number of pyridine rings is 1. The molecule has 1 fully saturated rings. The number of carbonyl (C=O) groups excluding carboxylic acids is 1. The van der Waals surface area contributed by atoms with Gasteiger partial charge in [-0.15, -0.1) is 0 Å². The summed E-state index contributed by atoms with van der Waals surface area (Å²) in [6.07, 6.45) is 5.35. The second-order valence-electron chi connectivity index (χ2n) is 6.73. The molecule has 0 saturated carbocycles. The van der Waals surface area contributed by atoms with Crippen molar-refractivity contribution >= 4 is 16.8 Å². The minimum Gasteiger partial charge on any atom is -0.468 e. The molecule has 0 aliphatic carbocycles. The molecule has 0 bridgehead atoms. The highest BCUT2D eigenvalue weighted by Gasteiger charge is 2.25. The van der Waals surface area contributed by atoms with Crippen LogP contribution < -0.4 is 5.32 Å². The van der Waals surface area contributed by atoms with Crippen molar-refractivity contribution in [2.45, 2.75) is 25.3 Å². The Bertz CT molecular complexity index is 870. The normalized spacial score (nSPS) is 16.5. The topological polar surface area (TPSA) is 58.4 Å². The third-order valence-corrected chi connectivity index (χ3v) is 4.99. The highest BCUT2D eigenvalue weighted by atomic mass is 16.3. The fraction of sp³-hybridized carbons (Fsp3) is 0.333. The molecule has 26 heavy (non-hydrogen) atoms. The first kappa shape index (κ1) is 16.8. The van der Waals surface area contributed by atoms with Crippen LogP contribution >= 0.6 is 0 Å². The first-order chi connectivity index (χ1) is 12.8. The molecule has 0 spiro atoms. The minimum atomic E-state index is -0.149. The summed E-state index contributed by atoms with van der Waals surface area (Å²) in [6, 6.07) is 15.5. The number of amides is 1. The van der Waals surface area contributed by atoms with Gasteiger partial charge in [0, 0.05) is 11.9 Å². The second-order valence-corrected chi connectivity index (χ2v) is 6.73. The van der Waals surface area contributed by atoms with E-state index in [1.165, 1.54) is 19.3 Å². The number of rotatable bonds is 5. The average Bonchev–Trinajstić information content (AvgIpc) is 3.23. The van der Waals surface area contributed by atoms with Crippen LogP contribution in [0.3, 0.4) is 0 Å². The summed E-state index contributed by atoms with van der Waals surface area (Å²) in [5.74, 6) is 0.753. The Morgan fingerprint density at radius 1 is 1.08 bits per heavy atom. The molecule has 2 aromatic heterocycles. The van der Waals surface area contributed by atoms with Crippen LogP contribution in [0, 0.1) is 0 Å². The Morgan fingerprint density at radius 3 is 2.73 bits per heavy atom. The number of nitrogens with zero attached hydrogens (tertiary/aromatic N) is 2. The molecule has 1 saturated heterocycles. The smallest absolute Gasteiger partial charge is 0.269 e. The molecule has 1 aromatic carbocycles. The van der Waals surface area contributed by atoms with E-state index in [1.54, 1.807) is 12.3 Å². The summed E-state index contributed by atoms with van der Waals surface area (Å²) in [6.45, 7) is 2.59. The summed E-state index contributed by atoms with van der Waals surface area (Å²) in [5.41, 5.74) is 1.28. The van der Waals surface area contributed by atoms with Crippen molar-refractivity contribution in [3.63, 3.8) is 0 Å². The van der Waals surface area contributed by atoms with Gasteiger partial charge in [-0.05, 0) is 50.2 Å². The lowest BCUT2D eigenvalue weighted by Gasteiger charge is -2.33. The number of para-hydroxylation sites is 1. The van der Waals surface area contributed by atoms with Gasteiger partial charge in [-0.3, -0.25) is 9.69 Å². The number of hydrogen-bond donors (Lipinski definition) is 1. The Morgan fingerprint density at radius 2 is 1.92 bits per heavy atom. The number of hydrogen-bond acceptors (Lipinski definition) is 4. The Balaban J connectivity index is 1.48. The summed E-state index contributed by atoms with van der Waals surface area (Å²) in [5, 5.41) is 4.08. The van der Waals surface area contributed by atoms with E-state index >= 15 is 0 Å². The van der Waals surface area contributed by atoms with Crippen molar-refractivity contribution in [3.8, 4) is 0 Å². The van der Waals surface area contributed by atoms with Gasteiger partial charge in [0.1, 0.15) is 11.5 Å². The van der Waals surface area contributed by atoms with Crippen LogP contribution in [0.15, 0.2) is 59.2 Å². The van der Waals surface area contributed by atoms with E-state index in [9.17, 15) is 4.79 Å². The molecular formula is C21H23N3O2. The third-order valence-electron chi connectivity index (χ3n) is 4.99. The Kier molecular flexibility index (Phi) is 4.97. The van der Waals surface area contributed by atoms with E-state index < -0.39 is 0 Å². The van der Waals surface area contributed by atoms with Crippen LogP contribution in [0.5, 0.6) is 0 Å². The first-order valence-corrected chi connectivity index (χ1v) is 9.23. The maximum atomic E-state index is 12.6. The van der Waals surface area contributed by atoms with Gasteiger partial charge in [-0.2, -0.15) is 0 Å². The predicted octanol–water partition coefficient (Wildman–Crippen LogP) is 3.78. The Labute approximate surface area is 153 Å². The molecule has 1 aliphatic heterocycles. The zero-order chi connectivity index (χ0) is 17.8. The van der Waals surface area contributed by atoms with Gasteiger partial charge in [-0.1, -0.05) is 30.7 Å². The maximum Gasteiger partial charge on any atom is 0.269 e. The van der Waals surface area contributed by atoms with Gasteiger partial charge in [0.05, 0.1) is 17.8 Å². The van der Waals surface area contributed by atoms with Crippen molar-refractivity contribution in [2.75, 3.05) is 19.6 Å². The summed E-state index contributed by atoms with van der Waals surface area (Å²) in [4.78, 5) is 19.5. The van der Waals surface area contributed by atoms with E-state index in [0.29, 0.717) is 12.2 Å². The van der Waals surface area contributed by atoms with Gasteiger partial charge in [0.25, 0.3) is 5.91 Å². The molecular weight excluding hydrogens is 326 g/mol. The number of aromatic nitrogens is 1. The number of nitrogens with one attached hydrogen (secondary N) is 1. The van der Waals surface area contributed by atoms with Crippen LogP contribution in [0.2, 0.25) is 0 Å². The van der Waals surface area contributed by atoms with Crippen LogP contribution in [-0.4, -0.2) is 35.4 Å². The summed E-state index contributed by atoms with van der Waals surface area (Å²) < 4.78 is 5.64. The van der Waals surface area contributed by atoms with Gasteiger partial charge in [-0.25, -0.2) is 4.98 Å². The molecule has 5 heteroatoms. The van der Waals surface area contributed by atoms with Crippen LogP contribution in [0.1, 0.15) is 41.6 Å². The largest absolute Gasteiger partial charge is 0.468 e. The molecule has 1 N–H and O–H groups in total. The van der Waals surface area contributed by atoms with E-state index in [1.807, 2.05) is 42.5 Å². The number of piperidine rings is 1. The third kappa shape index (κ3) is 3.63. The number of furan rings is 1. The highest BCUT2D eigenvalue weighted by Crippen LogP contribution is 2.24. The standard InChI is InChI=1S/C21H23N3O2/c25-21(18-11-10-16-7-2-3-8-17(16)23-18)22-15-19(20-9-6-14-26-20)24-12-4-1-5-13-24/h2-3,6-11,14,19H,1,4-5,12-13,15H2,(H,22,25)/t19-/m0/s1. The number of fused-ring (bicyclic) bond motifs is 1. The summed E-state index contributed by atoms with van der Waals surface area (Å²) in [7, 11) is 0. The van der Waals surface area contributed by atoms with Crippen molar-refractivity contribution in [1.82, 2.24) is 15.2 Å². The zero-order valence-corrected chi connectivity index (χ0v) is 14.7. The lowest BCUT2D eigenvalue weighted by molar-refractivity contribution is 0.0909. The maximum absolute atomic E-state index is 12.6. The van der Waals surface area contributed by atoms with E-state index in [-0.39, 0.29) is 11.9 Å². The van der Waals surface area contributed by atoms with Crippen LogP contribution in [-0.2, 0) is 0 Å². The first-order valence-electron chi connectivity index (χ1n) is 9.23. The average molecular weight is 349 g/mol. The molecule has 5 nitrogen and oxygen atoms in total. The molecule has 3 heterocycles. The highest BCUT2D eigenvalue weighted by molar-refractivity contribution is 5.94. The molecule has 0 radical (unpaired) electrons. The lowest BCUT2D eigenvalue weighted by atomic mass is 10.1. The zero-order valence-electron chi connectivity index (χ0n) is 14.7. The van der Waals surface area contributed by atoms with E-state index in [4.69, 9.17) is 4.42 Å². The van der Waals surface area contributed by atoms with Crippen LogP contribution in [0.4, 0.5) is 0 Å².